The molecule has 0 aliphatic carbocycles. The predicted molar refractivity (Wildman–Crippen MR) is 103 cm³/mol. The summed E-state index contributed by atoms with van der Waals surface area (Å²) in [5.41, 5.74) is 6.78. The Morgan fingerprint density at radius 3 is 1.50 bits per heavy atom. The smallest absolute Gasteiger partial charge is 0.0656 e. The van der Waals surface area contributed by atoms with Crippen LogP contribution in [0.2, 0.25) is 26.2 Å². The zero-order valence-electron chi connectivity index (χ0n) is 15.8. The lowest BCUT2D eigenvalue weighted by atomic mass is 10.3. The summed E-state index contributed by atoms with van der Waals surface area (Å²) in [6.07, 6.45) is 2.30. The zero-order chi connectivity index (χ0) is 17.0. The van der Waals surface area contributed by atoms with Gasteiger partial charge < -0.3 is 20.1 Å². The summed E-state index contributed by atoms with van der Waals surface area (Å²) >= 11 is 0. The minimum absolute atomic E-state index is 0.493. The highest BCUT2D eigenvalue weighted by molar-refractivity contribution is 6.57. The molecular weight excluding hydrogens is 308 g/mol. The Morgan fingerprint density at radius 1 is 0.818 bits per heavy atom. The van der Waals surface area contributed by atoms with Gasteiger partial charge in [-0.1, -0.05) is 26.2 Å². The molecule has 0 saturated carbocycles. The molecule has 6 heteroatoms. The van der Waals surface area contributed by atoms with Crippen molar-refractivity contribution in [3.63, 3.8) is 0 Å². The number of rotatable bonds is 14. The molecule has 0 bridgehead atoms. The van der Waals surface area contributed by atoms with Crippen LogP contribution in [-0.2, 0) is 9.47 Å². The second-order valence-electron chi connectivity index (χ2n) is 6.68. The normalized spacial score (nSPS) is 15.0. The fourth-order valence-electron chi connectivity index (χ4n) is 2.78. The predicted octanol–water partition coefficient (Wildman–Crippen LogP) is 1.89. The van der Waals surface area contributed by atoms with Gasteiger partial charge in [0.25, 0.3) is 0 Å². The molecule has 0 amide bonds. The monoisotopic (exact) mass is 348 g/mol. The van der Waals surface area contributed by atoms with E-state index in [1.807, 2.05) is 0 Å². The van der Waals surface area contributed by atoms with Gasteiger partial charge in [-0.05, 0) is 26.7 Å². The van der Waals surface area contributed by atoms with Crippen molar-refractivity contribution in [3.05, 3.63) is 0 Å². The van der Waals surface area contributed by atoms with E-state index in [-0.39, 0.29) is 0 Å². The second kappa shape index (κ2) is 13.7. The number of hydrogen-bond acceptors (Lipinski definition) is 4. The first-order valence-corrected chi connectivity index (χ1v) is 15.1. The second-order valence-corrected chi connectivity index (χ2v) is 13.1. The van der Waals surface area contributed by atoms with Crippen molar-refractivity contribution < 1.29 is 9.47 Å². The first-order chi connectivity index (χ1) is 10.5. The van der Waals surface area contributed by atoms with Gasteiger partial charge >= 0.3 is 0 Å². The Labute approximate surface area is 141 Å². The first-order valence-electron chi connectivity index (χ1n) is 9.11. The van der Waals surface area contributed by atoms with E-state index >= 15 is 0 Å². The molecule has 2 unspecified atom stereocenters. The standard InChI is InChI=1S/C16H40N2O2Si2/c1-7-19-15(21(3)4)9-12-18(14-11-17)13-10-16(20-8-2)22(5)6/h15-16,21-22H,7-14,17H2,1-6H3. The molecule has 0 rings (SSSR count). The van der Waals surface area contributed by atoms with E-state index in [1.165, 1.54) is 0 Å². The van der Waals surface area contributed by atoms with Crippen LogP contribution in [-0.4, -0.2) is 73.3 Å². The van der Waals surface area contributed by atoms with Gasteiger partial charge in [0, 0.05) is 50.8 Å². The Bertz CT molecular complexity index is 234. The number of nitrogens with two attached hydrogens (primary N) is 1. The molecular formula is C16H40N2O2Si2. The summed E-state index contributed by atoms with van der Waals surface area (Å²) in [7, 11) is -1.49. The van der Waals surface area contributed by atoms with E-state index in [1.54, 1.807) is 0 Å². The maximum atomic E-state index is 5.92. The Morgan fingerprint density at radius 2 is 1.23 bits per heavy atom. The maximum Gasteiger partial charge on any atom is 0.0656 e. The Hall–Kier alpha value is 0.274. The van der Waals surface area contributed by atoms with Crippen LogP contribution in [0.4, 0.5) is 0 Å². The molecule has 22 heavy (non-hydrogen) atoms. The van der Waals surface area contributed by atoms with Crippen LogP contribution in [0.5, 0.6) is 0 Å². The third-order valence-corrected chi connectivity index (χ3v) is 8.18. The Kier molecular flexibility index (Phi) is 13.9. The van der Waals surface area contributed by atoms with Crippen molar-refractivity contribution in [1.29, 1.82) is 0 Å². The van der Waals surface area contributed by atoms with Gasteiger partial charge in [-0.3, -0.25) is 0 Å². The summed E-state index contributed by atoms with van der Waals surface area (Å²) in [4.78, 5) is 2.51. The van der Waals surface area contributed by atoms with Gasteiger partial charge in [-0.2, -0.15) is 0 Å². The molecule has 0 aromatic heterocycles. The number of ether oxygens (including phenoxy) is 2. The highest BCUT2D eigenvalue weighted by atomic mass is 28.3. The number of nitrogens with zero attached hydrogens (tertiary/aromatic N) is 1. The van der Waals surface area contributed by atoms with Crippen molar-refractivity contribution in [2.75, 3.05) is 39.4 Å². The lowest BCUT2D eigenvalue weighted by molar-refractivity contribution is 0.0849. The average Bonchev–Trinajstić information content (AvgIpc) is 2.46. The van der Waals surface area contributed by atoms with Gasteiger partial charge in [0.2, 0.25) is 0 Å². The molecule has 2 N–H and O–H groups in total. The average molecular weight is 349 g/mol. The van der Waals surface area contributed by atoms with Gasteiger partial charge in [0.15, 0.2) is 0 Å². The molecule has 0 heterocycles. The summed E-state index contributed by atoms with van der Waals surface area (Å²) in [5.74, 6) is 0. The summed E-state index contributed by atoms with van der Waals surface area (Å²) in [6, 6.07) is 0. The summed E-state index contributed by atoms with van der Waals surface area (Å²) in [5, 5.41) is 0. The summed E-state index contributed by atoms with van der Waals surface area (Å²) in [6.45, 7) is 19.3. The molecule has 0 spiro atoms. The van der Waals surface area contributed by atoms with Crippen LogP contribution in [0.15, 0.2) is 0 Å². The molecule has 0 aromatic rings. The lowest BCUT2D eigenvalue weighted by Crippen LogP contribution is -2.39. The van der Waals surface area contributed by atoms with Crippen LogP contribution in [0.1, 0.15) is 26.7 Å². The van der Waals surface area contributed by atoms with E-state index in [0.29, 0.717) is 11.5 Å². The zero-order valence-corrected chi connectivity index (χ0v) is 18.1. The summed E-state index contributed by atoms with van der Waals surface area (Å²) < 4.78 is 11.8. The topological polar surface area (TPSA) is 47.7 Å². The highest BCUT2D eigenvalue weighted by Crippen LogP contribution is 2.09. The molecule has 4 nitrogen and oxygen atoms in total. The van der Waals surface area contributed by atoms with Crippen LogP contribution >= 0.6 is 0 Å². The molecule has 0 saturated heterocycles. The highest BCUT2D eigenvalue weighted by Gasteiger charge is 2.19. The maximum absolute atomic E-state index is 5.92. The largest absolute Gasteiger partial charge is 0.382 e. The van der Waals surface area contributed by atoms with Crippen molar-refractivity contribution in [3.8, 4) is 0 Å². The van der Waals surface area contributed by atoms with E-state index in [4.69, 9.17) is 15.2 Å². The van der Waals surface area contributed by atoms with Crippen molar-refractivity contribution in [2.24, 2.45) is 5.73 Å². The van der Waals surface area contributed by atoms with Gasteiger partial charge in [-0.15, -0.1) is 0 Å². The Balaban J connectivity index is 4.34. The fourth-order valence-corrected chi connectivity index (χ4v) is 5.57. The molecule has 0 aromatic carbocycles. The minimum atomic E-state index is -0.747. The molecule has 0 fully saturated rings. The third-order valence-electron chi connectivity index (χ3n) is 4.15. The van der Waals surface area contributed by atoms with Gasteiger partial charge in [0.1, 0.15) is 0 Å². The minimum Gasteiger partial charge on any atom is -0.382 e. The lowest BCUT2D eigenvalue weighted by Gasteiger charge is -2.28. The quantitative estimate of drug-likeness (QED) is 0.487. The van der Waals surface area contributed by atoms with Crippen LogP contribution in [0.25, 0.3) is 0 Å². The van der Waals surface area contributed by atoms with Crippen molar-refractivity contribution in [1.82, 2.24) is 4.90 Å². The fraction of sp³-hybridized carbons (Fsp3) is 1.00. The molecule has 2 atom stereocenters. The van der Waals surface area contributed by atoms with Crippen LogP contribution in [0.3, 0.4) is 0 Å². The van der Waals surface area contributed by atoms with E-state index in [9.17, 15) is 0 Å². The molecule has 0 aliphatic rings. The van der Waals surface area contributed by atoms with Crippen molar-refractivity contribution in [2.45, 2.75) is 64.3 Å². The molecule has 0 radical (unpaired) electrons. The van der Waals surface area contributed by atoms with Crippen molar-refractivity contribution >= 4 is 17.6 Å². The number of hydrogen-bond donors (Lipinski definition) is 1. The van der Waals surface area contributed by atoms with Crippen LogP contribution < -0.4 is 5.73 Å². The van der Waals surface area contributed by atoms with Crippen LogP contribution in [0, 0.1) is 0 Å². The van der Waals surface area contributed by atoms with E-state index < -0.39 is 17.6 Å². The molecule has 134 valence electrons. The van der Waals surface area contributed by atoms with E-state index in [0.717, 1.165) is 52.2 Å². The van der Waals surface area contributed by atoms with E-state index in [2.05, 4.69) is 44.9 Å². The SMILES string of the molecule is CCOC(CCN(CCN)CCC(OCC)[SiH](C)C)[SiH](C)C. The molecule has 0 aliphatic heterocycles. The third kappa shape index (κ3) is 10.1. The first kappa shape index (κ1) is 22.3. The van der Waals surface area contributed by atoms with Gasteiger partial charge in [-0.25, -0.2) is 0 Å². The van der Waals surface area contributed by atoms with Gasteiger partial charge in [0.05, 0.1) is 17.6 Å².